The number of sulfone groups is 1. The van der Waals surface area contributed by atoms with Crippen LogP contribution in [-0.2, 0) is 16.4 Å². The van der Waals surface area contributed by atoms with E-state index >= 15 is 0 Å². The summed E-state index contributed by atoms with van der Waals surface area (Å²) in [6.07, 6.45) is 5.37. The molecule has 5 nitrogen and oxygen atoms in total. The Morgan fingerprint density at radius 1 is 1.44 bits per heavy atom. The number of aliphatic hydroxyl groups is 1. The summed E-state index contributed by atoms with van der Waals surface area (Å²) >= 11 is 0. The minimum atomic E-state index is -3.35. The lowest BCUT2D eigenvalue weighted by atomic mass is 10.3. The van der Waals surface area contributed by atoms with Crippen LogP contribution in [0.4, 0.5) is 0 Å². The third kappa shape index (κ3) is 3.31. The van der Waals surface area contributed by atoms with E-state index in [1.807, 2.05) is 0 Å². The monoisotopic (exact) mass is 246 g/mol. The van der Waals surface area contributed by atoms with Crippen molar-refractivity contribution in [1.82, 2.24) is 9.55 Å². The topological polar surface area (TPSA) is 72.2 Å². The molecule has 16 heavy (non-hydrogen) atoms. The number of nitrogens with zero attached hydrogens (tertiary/aromatic N) is 2. The van der Waals surface area contributed by atoms with Gasteiger partial charge in [-0.05, 0) is 12.8 Å². The molecule has 0 atom stereocenters. The van der Waals surface area contributed by atoms with Gasteiger partial charge in [0.1, 0.15) is 0 Å². The van der Waals surface area contributed by atoms with Gasteiger partial charge in [0.2, 0.25) is 15.0 Å². The Bertz CT molecular complexity index is 411. The largest absolute Gasteiger partial charge is 0.396 e. The molecule has 0 amide bonds. The maximum absolute atomic E-state index is 11.8. The Balaban J connectivity index is 2.82. The first kappa shape index (κ1) is 13.2. The van der Waals surface area contributed by atoms with Crippen molar-refractivity contribution >= 4 is 9.84 Å². The molecule has 0 aromatic carbocycles. The van der Waals surface area contributed by atoms with Crippen LogP contribution in [0.25, 0.3) is 0 Å². The summed E-state index contributed by atoms with van der Waals surface area (Å²) in [5.41, 5.74) is 0. The summed E-state index contributed by atoms with van der Waals surface area (Å²) < 4.78 is 25.3. The maximum Gasteiger partial charge on any atom is 0.227 e. The minimum Gasteiger partial charge on any atom is -0.396 e. The smallest absolute Gasteiger partial charge is 0.227 e. The number of rotatable bonds is 7. The summed E-state index contributed by atoms with van der Waals surface area (Å²) in [7, 11) is -3.35. The molecule has 0 saturated carbocycles. The van der Waals surface area contributed by atoms with E-state index in [0.717, 1.165) is 12.8 Å². The summed E-state index contributed by atoms with van der Waals surface area (Å²) in [6.45, 7) is 2.61. The van der Waals surface area contributed by atoms with Gasteiger partial charge in [-0.1, -0.05) is 13.3 Å². The van der Waals surface area contributed by atoms with Crippen LogP contribution in [0.1, 0.15) is 26.2 Å². The lowest BCUT2D eigenvalue weighted by Gasteiger charge is -2.07. The zero-order valence-corrected chi connectivity index (χ0v) is 10.3. The number of aliphatic hydroxyl groups excluding tert-OH is 1. The van der Waals surface area contributed by atoms with E-state index < -0.39 is 9.84 Å². The predicted octanol–water partition coefficient (Wildman–Crippen LogP) is 0.839. The third-order valence-corrected chi connectivity index (χ3v) is 4.00. The lowest BCUT2D eigenvalue weighted by Crippen LogP contribution is -2.15. The fourth-order valence-corrected chi connectivity index (χ4v) is 2.84. The summed E-state index contributed by atoms with van der Waals surface area (Å²) in [5, 5.41) is 8.77. The summed E-state index contributed by atoms with van der Waals surface area (Å²) in [4.78, 5) is 3.89. The Kier molecular flexibility index (Phi) is 4.95. The van der Waals surface area contributed by atoms with E-state index in [9.17, 15) is 8.42 Å². The zero-order valence-electron chi connectivity index (χ0n) is 9.46. The van der Waals surface area contributed by atoms with E-state index in [2.05, 4.69) is 11.9 Å². The van der Waals surface area contributed by atoms with Gasteiger partial charge in [0, 0.05) is 25.5 Å². The lowest BCUT2D eigenvalue weighted by molar-refractivity contribution is 0.295. The van der Waals surface area contributed by atoms with E-state index in [-0.39, 0.29) is 23.9 Å². The average molecular weight is 246 g/mol. The minimum absolute atomic E-state index is 0.0490. The zero-order chi connectivity index (χ0) is 12.0. The molecule has 1 heterocycles. The van der Waals surface area contributed by atoms with Crippen LogP contribution in [0.3, 0.4) is 0 Å². The van der Waals surface area contributed by atoms with Gasteiger partial charge in [0.05, 0.1) is 5.75 Å². The fraction of sp³-hybridized carbons (Fsp3) is 0.700. The molecule has 6 heteroatoms. The van der Waals surface area contributed by atoms with E-state index in [0.29, 0.717) is 6.54 Å². The molecular formula is C10H18N2O3S. The SMILES string of the molecule is CCCCn1ccnc1S(=O)(=O)CCCO. The molecule has 0 aliphatic heterocycles. The van der Waals surface area contributed by atoms with Crippen LogP contribution in [0.15, 0.2) is 17.6 Å². The number of aromatic nitrogens is 2. The molecule has 1 aromatic heterocycles. The highest BCUT2D eigenvalue weighted by Crippen LogP contribution is 2.11. The van der Waals surface area contributed by atoms with Gasteiger partial charge in [-0.3, -0.25) is 0 Å². The quantitative estimate of drug-likeness (QED) is 0.773. The molecular weight excluding hydrogens is 228 g/mol. The van der Waals surface area contributed by atoms with Crippen LogP contribution >= 0.6 is 0 Å². The molecule has 0 fully saturated rings. The second-order valence-corrected chi connectivity index (χ2v) is 5.66. The molecule has 0 saturated heterocycles. The molecule has 1 aromatic rings. The molecule has 1 N–H and O–H groups in total. The first-order chi connectivity index (χ1) is 7.61. The van der Waals surface area contributed by atoms with Crippen molar-refractivity contribution in [2.24, 2.45) is 0 Å². The van der Waals surface area contributed by atoms with Crippen molar-refractivity contribution in [2.75, 3.05) is 12.4 Å². The van der Waals surface area contributed by atoms with Crippen LogP contribution in [0, 0.1) is 0 Å². The number of imidazole rings is 1. The van der Waals surface area contributed by atoms with Crippen LogP contribution in [0.2, 0.25) is 0 Å². The second-order valence-electron chi connectivity index (χ2n) is 3.65. The fourth-order valence-electron chi connectivity index (χ4n) is 1.42. The van der Waals surface area contributed by atoms with E-state index in [1.165, 1.54) is 6.20 Å². The van der Waals surface area contributed by atoms with Gasteiger partial charge in [-0.2, -0.15) is 0 Å². The summed E-state index contributed by atoms with van der Waals surface area (Å²) in [6, 6.07) is 0. The first-order valence-electron chi connectivity index (χ1n) is 5.46. The molecule has 0 aliphatic carbocycles. The van der Waals surface area contributed by atoms with E-state index in [1.54, 1.807) is 10.8 Å². The standard InChI is InChI=1S/C10H18N2O3S/c1-2-3-6-12-7-5-11-10(12)16(14,15)9-4-8-13/h5,7,13H,2-4,6,8-9H2,1H3. The maximum atomic E-state index is 11.8. The van der Waals surface area contributed by atoms with Crippen molar-refractivity contribution in [1.29, 1.82) is 0 Å². The van der Waals surface area contributed by atoms with Gasteiger partial charge in [0.25, 0.3) is 0 Å². The van der Waals surface area contributed by atoms with Crippen LogP contribution < -0.4 is 0 Å². The number of hydrogen-bond acceptors (Lipinski definition) is 4. The van der Waals surface area contributed by atoms with Crippen LogP contribution in [-0.4, -0.2) is 35.4 Å². The number of aryl methyl sites for hydroxylation is 1. The average Bonchev–Trinajstić information content (AvgIpc) is 2.72. The van der Waals surface area contributed by atoms with Crippen molar-refractivity contribution in [3.63, 3.8) is 0 Å². The number of unbranched alkanes of at least 4 members (excludes halogenated alkanes) is 1. The Morgan fingerprint density at radius 3 is 2.81 bits per heavy atom. The van der Waals surface area contributed by atoms with Gasteiger partial charge in [0.15, 0.2) is 0 Å². The number of hydrogen-bond donors (Lipinski definition) is 1. The molecule has 1 rings (SSSR count). The third-order valence-electron chi connectivity index (χ3n) is 2.28. The highest BCUT2D eigenvalue weighted by atomic mass is 32.2. The molecule has 0 radical (unpaired) electrons. The van der Waals surface area contributed by atoms with E-state index in [4.69, 9.17) is 5.11 Å². The molecule has 0 aliphatic rings. The molecule has 0 spiro atoms. The van der Waals surface area contributed by atoms with Gasteiger partial charge >= 0.3 is 0 Å². The molecule has 0 unspecified atom stereocenters. The Hall–Kier alpha value is -0.880. The van der Waals surface area contributed by atoms with Crippen molar-refractivity contribution in [2.45, 2.75) is 37.9 Å². The van der Waals surface area contributed by atoms with Crippen molar-refractivity contribution < 1.29 is 13.5 Å². The van der Waals surface area contributed by atoms with Gasteiger partial charge in [-0.25, -0.2) is 13.4 Å². The second kappa shape index (κ2) is 6.00. The highest BCUT2D eigenvalue weighted by molar-refractivity contribution is 7.91. The van der Waals surface area contributed by atoms with Crippen molar-refractivity contribution in [3.05, 3.63) is 12.4 Å². The van der Waals surface area contributed by atoms with Crippen molar-refractivity contribution in [3.8, 4) is 0 Å². The Morgan fingerprint density at radius 2 is 2.19 bits per heavy atom. The first-order valence-corrected chi connectivity index (χ1v) is 7.11. The van der Waals surface area contributed by atoms with Gasteiger partial charge < -0.3 is 9.67 Å². The van der Waals surface area contributed by atoms with Crippen LogP contribution in [0.5, 0.6) is 0 Å². The normalized spacial score (nSPS) is 11.9. The van der Waals surface area contributed by atoms with Gasteiger partial charge in [-0.15, -0.1) is 0 Å². The molecule has 0 bridgehead atoms. The predicted molar refractivity (Wildman–Crippen MR) is 60.9 cm³/mol. The molecule has 92 valence electrons. The summed E-state index contributed by atoms with van der Waals surface area (Å²) in [5.74, 6) is -0.0490. The Labute approximate surface area is 96.0 Å². The highest BCUT2D eigenvalue weighted by Gasteiger charge is 2.19.